The Morgan fingerprint density at radius 1 is 1.62 bits per heavy atom. The summed E-state index contributed by atoms with van der Waals surface area (Å²) in [6, 6.07) is 3.32. The first-order chi connectivity index (χ1) is 7.50. The smallest absolute Gasteiger partial charge is 0.278 e. The lowest BCUT2D eigenvalue weighted by atomic mass is 10.1. The number of hydrogen-bond donors (Lipinski definition) is 1. The lowest BCUT2D eigenvalue weighted by molar-refractivity contribution is -0.0553. The maximum absolute atomic E-state index is 12.0. The molecule has 2 heterocycles. The number of hydrogen-bond acceptors (Lipinski definition) is 4. The van der Waals surface area contributed by atoms with Gasteiger partial charge in [0.05, 0.1) is 5.56 Å². The molecule has 16 heavy (non-hydrogen) atoms. The van der Waals surface area contributed by atoms with Gasteiger partial charge in [-0.05, 0) is 26.0 Å². The molecule has 0 aromatic carbocycles. The fraction of sp³-hybridized carbons (Fsp3) is 0.364. The standard InChI is InChI=1S/C11H13N3O2/c1-8-6-11(2,16)14(13-8)10(15)9-4-3-5-12-7-9/h3-5,7,16H,6H2,1-2H3. The van der Waals surface area contributed by atoms with Crippen molar-refractivity contribution in [3.8, 4) is 0 Å². The second-order valence-corrected chi connectivity index (χ2v) is 4.09. The van der Waals surface area contributed by atoms with Crippen LogP contribution in [-0.4, -0.2) is 32.4 Å². The number of carbonyl (C=O) groups excluding carboxylic acids is 1. The van der Waals surface area contributed by atoms with Gasteiger partial charge in [-0.3, -0.25) is 9.78 Å². The van der Waals surface area contributed by atoms with Crippen molar-refractivity contribution in [2.24, 2.45) is 5.10 Å². The summed E-state index contributed by atoms with van der Waals surface area (Å²) in [6.07, 6.45) is 3.42. The summed E-state index contributed by atoms with van der Waals surface area (Å²) in [5, 5.41) is 15.2. The Morgan fingerprint density at radius 2 is 2.38 bits per heavy atom. The molecule has 1 aliphatic rings. The molecule has 1 aliphatic heterocycles. The molecule has 0 saturated heterocycles. The van der Waals surface area contributed by atoms with Crippen LogP contribution < -0.4 is 0 Å². The number of nitrogens with zero attached hydrogens (tertiary/aromatic N) is 3. The highest BCUT2D eigenvalue weighted by Crippen LogP contribution is 2.26. The van der Waals surface area contributed by atoms with E-state index >= 15 is 0 Å². The Kier molecular flexibility index (Phi) is 2.47. The fourth-order valence-electron chi connectivity index (χ4n) is 1.75. The lowest BCUT2D eigenvalue weighted by Crippen LogP contribution is -2.43. The third kappa shape index (κ3) is 1.81. The van der Waals surface area contributed by atoms with Crippen LogP contribution in [0.5, 0.6) is 0 Å². The molecule has 1 N–H and O–H groups in total. The predicted octanol–water partition coefficient (Wildman–Crippen LogP) is 1.01. The summed E-state index contributed by atoms with van der Waals surface area (Å²) in [6.45, 7) is 3.35. The van der Waals surface area contributed by atoms with Gasteiger partial charge in [-0.2, -0.15) is 10.1 Å². The zero-order chi connectivity index (χ0) is 11.8. The third-order valence-electron chi connectivity index (χ3n) is 2.42. The van der Waals surface area contributed by atoms with Gasteiger partial charge in [0.1, 0.15) is 0 Å². The largest absolute Gasteiger partial charge is 0.369 e. The van der Waals surface area contributed by atoms with E-state index in [1.54, 1.807) is 32.2 Å². The molecule has 0 fully saturated rings. The number of aliphatic hydroxyl groups is 1. The van der Waals surface area contributed by atoms with Gasteiger partial charge < -0.3 is 5.11 Å². The molecule has 0 bridgehead atoms. The second-order valence-electron chi connectivity index (χ2n) is 4.09. The molecule has 5 nitrogen and oxygen atoms in total. The van der Waals surface area contributed by atoms with Gasteiger partial charge in [0.15, 0.2) is 5.72 Å². The predicted molar refractivity (Wildman–Crippen MR) is 58.8 cm³/mol. The van der Waals surface area contributed by atoms with Crippen molar-refractivity contribution in [1.82, 2.24) is 9.99 Å². The van der Waals surface area contributed by atoms with Gasteiger partial charge in [0, 0.05) is 24.5 Å². The Morgan fingerprint density at radius 3 is 2.88 bits per heavy atom. The summed E-state index contributed by atoms with van der Waals surface area (Å²) in [7, 11) is 0. The van der Waals surface area contributed by atoms with Crippen LogP contribution in [-0.2, 0) is 0 Å². The molecule has 84 valence electrons. The van der Waals surface area contributed by atoms with Crippen LogP contribution in [0.1, 0.15) is 30.6 Å². The van der Waals surface area contributed by atoms with Crippen molar-refractivity contribution >= 4 is 11.6 Å². The van der Waals surface area contributed by atoms with Crippen LogP contribution in [0.4, 0.5) is 0 Å². The summed E-state index contributed by atoms with van der Waals surface area (Å²) in [5.41, 5.74) is -0.0831. The van der Waals surface area contributed by atoms with Gasteiger partial charge in [0.2, 0.25) is 0 Å². The zero-order valence-corrected chi connectivity index (χ0v) is 9.21. The molecule has 2 rings (SSSR count). The molecule has 1 aromatic heterocycles. The van der Waals surface area contributed by atoms with Crippen LogP contribution in [0.15, 0.2) is 29.6 Å². The molecular weight excluding hydrogens is 206 g/mol. The summed E-state index contributed by atoms with van der Waals surface area (Å²) >= 11 is 0. The monoisotopic (exact) mass is 219 g/mol. The van der Waals surface area contributed by atoms with Crippen LogP contribution in [0.25, 0.3) is 0 Å². The first-order valence-electron chi connectivity index (χ1n) is 5.02. The molecule has 1 atom stereocenters. The molecule has 0 aliphatic carbocycles. The van der Waals surface area contributed by atoms with Crippen molar-refractivity contribution in [2.45, 2.75) is 26.0 Å². The van der Waals surface area contributed by atoms with Crippen molar-refractivity contribution in [3.63, 3.8) is 0 Å². The number of carbonyl (C=O) groups is 1. The second kappa shape index (κ2) is 3.68. The third-order valence-corrected chi connectivity index (χ3v) is 2.42. The van der Waals surface area contributed by atoms with E-state index in [1.807, 2.05) is 0 Å². The van der Waals surface area contributed by atoms with Crippen molar-refractivity contribution in [3.05, 3.63) is 30.1 Å². The van der Waals surface area contributed by atoms with Gasteiger partial charge in [-0.15, -0.1) is 0 Å². The zero-order valence-electron chi connectivity index (χ0n) is 9.21. The number of amides is 1. The Hall–Kier alpha value is -1.75. The van der Waals surface area contributed by atoms with E-state index in [0.717, 1.165) is 10.7 Å². The topological polar surface area (TPSA) is 65.8 Å². The van der Waals surface area contributed by atoms with Gasteiger partial charge in [0.25, 0.3) is 5.91 Å². The van der Waals surface area contributed by atoms with Gasteiger partial charge >= 0.3 is 0 Å². The first-order valence-corrected chi connectivity index (χ1v) is 5.02. The van der Waals surface area contributed by atoms with E-state index in [4.69, 9.17) is 0 Å². The SMILES string of the molecule is CC1=NN(C(=O)c2cccnc2)C(C)(O)C1. The number of rotatable bonds is 1. The molecule has 0 radical (unpaired) electrons. The van der Waals surface area contributed by atoms with Crippen molar-refractivity contribution in [1.29, 1.82) is 0 Å². The van der Waals surface area contributed by atoms with Crippen LogP contribution in [0, 0.1) is 0 Å². The highest BCUT2D eigenvalue weighted by Gasteiger charge is 2.39. The van der Waals surface area contributed by atoms with Crippen molar-refractivity contribution in [2.75, 3.05) is 0 Å². The summed E-state index contributed by atoms with van der Waals surface area (Å²) in [5.74, 6) is -0.338. The minimum atomic E-state index is -1.24. The van der Waals surface area contributed by atoms with Gasteiger partial charge in [-0.1, -0.05) is 0 Å². The summed E-state index contributed by atoms with van der Waals surface area (Å²) in [4.78, 5) is 15.9. The maximum atomic E-state index is 12.0. The van der Waals surface area contributed by atoms with Crippen molar-refractivity contribution < 1.29 is 9.90 Å². The normalized spacial score (nSPS) is 24.4. The lowest BCUT2D eigenvalue weighted by Gasteiger charge is -2.26. The van der Waals surface area contributed by atoms with E-state index in [-0.39, 0.29) is 5.91 Å². The van der Waals surface area contributed by atoms with E-state index < -0.39 is 5.72 Å². The average molecular weight is 219 g/mol. The molecular formula is C11H13N3O2. The van der Waals surface area contributed by atoms with Crippen LogP contribution in [0.2, 0.25) is 0 Å². The fourth-order valence-corrected chi connectivity index (χ4v) is 1.75. The molecule has 5 heteroatoms. The van der Waals surface area contributed by atoms with Gasteiger partial charge in [-0.25, -0.2) is 0 Å². The molecule has 1 unspecified atom stereocenters. The first kappa shape index (κ1) is 10.8. The van der Waals surface area contributed by atoms with E-state index in [9.17, 15) is 9.90 Å². The minimum Gasteiger partial charge on any atom is -0.369 e. The van der Waals surface area contributed by atoms with E-state index in [0.29, 0.717) is 12.0 Å². The minimum absolute atomic E-state index is 0.338. The molecule has 0 saturated carbocycles. The number of aromatic nitrogens is 1. The quantitative estimate of drug-likeness (QED) is 0.766. The number of pyridine rings is 1. The van der Waals surface area contributed by atoms with Crippen LogP contribution in [0.3, 0.4) is 0 Å². The Bertz CT molecular complexity index is 440. The Balaban J connectivity index is 2.30. The highest BCUT2D eigenvalue weighted by atomic mass is 16.3. The molecule has 1 aromatic rings. The Labute approximate surface area is 93.4 Å². The van der Waals surface area contributed by atoms with Crippen LogP contribution >= 0.6 is 0 Å². The highest BCUT2D eigenvalue weighted by molar-refractivity contribution is 5.97. The molecule has 1 amide bonds. The average Bonchev–Trinajstić information content (AvgIpc) is 2.52. The number of hydrazone groups is 1. The summed E-state index contributed by atoms with van der Waals surface area (Å²) < 4.78 is 0. The van der Waals surface area contributed by atoms with E-state index in [1.165, 1.54) is 6.20 Å². The molecule has 0 spiro atoms. The maximum Gasteiger partial charge on any atom is 0.278 e. The van der Waals surface area contributed by atoms with E-state index in [2.05, 4.69) is 10.1 Å².